The van der Waals surface area contributed by atoms with Crippen molar-refractivity contribution < 1.29 is 9.46 Å². The van der Waals surface area contributed by atoms with Gasteiger partial charge in [-0.05, 0) is 12.0 Å². The van der Waals surface area contributed by atoms with Gasteiger partial charge in [0.15, 0.2) is 0 Å². The summed E-state index contributed by atoms with van der Waals surface area (Å²) < 4.78 is 10.8. The summed E-state index contributed by atoms with van der Waals surface area (Å²) in [6.07, 6.45) is 0.777. The van der Waals surface area contributed by atoms with Crippen molar-refractivity contribution in [1.29, 1.82) is 0 Å². The second-order valence-corrected chi connectivity index (χ2v) is 5.10. The number of nitrogens with one attached hydrogen (secondary N) is 1. The molecule has 0 radical (unpaired) electrons. The molecule has 1 rings (SSSR count). The Labute approximate surface area is 78.3 Å². The molecule has 0 amide bonds. The van der Waals surface area contributed by atoms with E-state index < -0.39 is 7.52 Å². The predicted octanol–water partition coefficient (Wildman–Crippen LogP) is 1.63. The number of hydrogen-bond acceptors (Lipinski definition) is 1. The molecular formula is C9H14NO2P. The van der Waals surface area contributed by atoms with Gasteiger partial charge < -0.3 is 4.89 Å². The van der Waals surface area contributed by atoms with Crippen LogP contribution >= 0.6 is 7.52 Å². The van der Waals surface area contributed by atoms with Gasteiger partial charge in [0.1, 0.15) is 0 Å². The first kappa shape index (κ1) is 10.5. The van der Waals surface area contributed by atoms with E-state index in [4.69, 9.17) is 4.89 Å². The fourth-order valence-electron chi connectivity index (χ4n) is 1.05. The van der Waals surface area contributed by atoms with E-state index in [9.17, 15) is 4.57 Å². The first-order valence-corrected chi connectivity index (χ1v) is 6.28. The summed E-state index contributed by atoms with van der Waals surface area (Å²) in [5.74, 6) is 0. The molecule has 1 atom stereocenters. The van der Waals surface area contributed by atoms with Gasteiger partial charge in [-0.25, -0.2) is 5.09 Å². The average Bonchev–Trinajstić information content (AvgIpc) is 2.04. The van der Waals surface area contributed by atoms with Gasteiger partial charge in [-0.15, -0.1) is 0 Å². The first-order chi connectivity index (χ1) is 6.08. The monoisotopic (exact) mass is 199 g/mol. The maximum absolute atomic E-state index is 10.8. The minimum absolute atomic E-state index is 0.536. The van der Waals surface area contributed by atoms with Crippen LogP contribution in [0.2, 0.25) is 0 Å². The summed E-state index contributed by atoms with van der Waals surface area (Å²) >= 11 is 0. The van der Waals surface area contributed by atoms with Crippen molar-refractivity contribution in [2.45, 2.75) is 6.42 Å². The summed E-state index contributed by atoms with van der Waals surface area (Å²) in [5.41, 5.74) is 1.17. The summed E-state index contributed by atoms with van der Waals surface area (Å²) in [7, 11) is -3.05. The highest BCUT2D eigenvalue weighted by atomic mass is 31.2. The van der Waals surface area contributed by atoms with Gasteiger partial charge in [0.05, 0.1) is 0 Å². The lowest BCUT2D eigenvalue weighted by atomic mass is 10.2. The molecule has 1 unspecified atom stereocenters. The highest BCUT2D eigenvalue weighted by Gasteiger charge is 2.06. The van der Waals surface area contributed by atoms with Gasteiger partial charge in [-0.2, -0.15) is 0 Å². The van der Waals surface area contributed by atoms with Gasteiger partial charge in [-0.3, -0.25) is 4.57 Å². The molecule has 13 heavy (non-hydrogen) atoms. The second kappa shape index (κ2) is 4.56. The van der Waals surface area contributed by atoms with E-state index in [-0.39, 0.29) is 0 Å². The topological polar surface area (TPSA) is 49.3 Å². The van der Waals surface area contributed by atoms with Crippen molar-refractivity contribution >= 4 is 7.52 Å². The highest BCUT2D eigenvalue weighted by molar-refractivity contribution is 7.54. The van der Waals surface area contributed by atoms with Crippen molar-refractivity contribution in [3.8, 4) is 0 Å². The van der Waals surface area contributed by atoms with E-state index >= 15 is 0 Å². The summed E-state index contributed by atoms with van der Waals surface area (Å²) in [5, 5.41) is 2.58. The zero-order chi connectivity index (χ0) is 9.73. The molecule has 0 spiro atoms. The molecule has 3 nitrogen and oxygen atoms in total. The van der Waals surface area contributed by atoms with Crippen LogP contribution in [0.3, 0.4) is 0 Å². The number of rotatable bonds is 4. The average molecular weight is 199 g/mol. The van der Waals surface area contributed by atoms with Crippen LogP contribution in [0.25, 0.3) is 0 Å². The van der Waals surface area contributed by atoms with E-state index in [1.807, 2.05) is 30.3 Å². The van der Waals surface area contributed by atoms with Crippen LogP contribution in [0.4, 0.5) is 0 Å². The highest BCUT2D eigenvalue weighted by Crippen LogP contribution is 2.28. The van der Waals surface area contributed by atoms with Crippen molar-refractivity contribution in [1.82, 2.24) is 5.09 Å². The van der Waals surface area contributed by atoms with Crippen molar-refractivity contribution in [3.63, 3.8) is 0 Å². The van der Waals surface area contributed by atoms with E-state index in [0.717, 1.165) is 6.42 Å². The van der Waals surface area contributed by atoms with Crippen molar-refractivity contribution in [2.75, 3.05) is 13.2 Å². The number of hydrogen-bond donors (Lipinski definition) is 2. The Morgan fingerprint density at radius 1 is 1.38 bits per heavy atom. The molecule has 72 valence electrons. The van der Waals surface area contributed by atoms with E-state index in [1.165, 1.54) is 12.2 Å². The third kappa shape index (κ3) is 4.83. The molecule has 0 aromatic heterocycles. The fraction of sp³-hybridized carbons (Fsp3) is 0.333. The normalized spacial score (nSPS) is 15.2. The molecule has 0 aliphatic rings. The Kier molecular flexibility index (Phi) is 3.67. The molecule has 0 aliphatic heterocycles. The third-order valence-electron chi connectivity index (χ3n) is 1.66. The van der Waals surface area contributed by atoms with Crippen LogP contribution in [-0.4, -0.2) is 18.1 Å². The Balaban J connectivity index is 2.33. The van der Waals surface area contributed by atoms with Gasteiger partial charge in [0, 0.05) is 13.2 Å². The zero-order valence-electron chi connectivity index (χ0n) is 7.60. The fourth-order valence-corrected chi connectivity index (χ4v) is 1.58. The lowest BCUT2D eigenvalue weighted by Crippen LogP contribution is -2.12. The van der Waals surface area contributed by atoms with Crippen molar-refractivity contribution in [2.24, 2.45) is 0 Å². The quantitative estimate of drug-likeness (QED) is 0.724. The molecule has 1 aromatic carbocycles. The molecule has 1 aromatic rings. The molecule has 0 heterocycles. The van der Waals surface area contributed by atoms with Crippen LogP contribution in [0, 0.1) is 0 Å². The first-order valence-electron chi connectivity index (χ1n) is 4.17. The van der Waals surface area contributed by atoms with Gasteiger partial charge in [0.25, 0.3) is 7.52 Å². The van der Waals surface area contributed by atoms with Gasteiger partial charge in [-0.1, -0.05) is 30.3 Å². The lowest BCUT2D eigenvalue weighted by Gasteiger charge is -2.07. The zero-order valence-corrected chi connectivity index (χ0v) is 8.50. The molecule has 0 bridgehead atoms. The summed E-state index contributed by atoms with van der Waals surface area (Å²) in [4.78, 5) is 8.94. The predicted molar refractivity (Wildman–Crippen MR) is 53.9 cm³/mol. The minimum Gasteiger partial charge on any atom is -0.333 e. The second-order valence-electron chi connectivity index (χ2n) is 3.02. The molecule has 0 saturated heterocycles. The SMILES string of the molecule is CP(=O)(O)NCCc1ccccc1. The standard InChI is InChI=1S/C9H14NO2P/c1-13(11,12)10-8-7-9-5-3-2-4-6-9/h2-6H,7-8H2,1H3,(H2,10,11,12). The Bertz CT molecular complexity index is 294. The van der Waals surface area contributed by atoms with Crippen LogP contribution < -0.4 is 5.09 Å². The molecule has 0 fully saturated rings. The van der Waals surface area contributed by atoms with Gasteiger partial charge >= 0.3 is 0 Å². The third-order valence-corrected chi connectivity index (χ3v) is 2.47. The van der Waals surface area contributed by atoms with Crippen LogP contribution in [0.1, 0.15) is 5.56 Å². The summed E-state index contributed by atoms with van der Waals surface area (Å²) in [6.45, 7) is 1.84. The van der Waals surface area contributed by atoms with Crippen LogP contribution in [-0.2, 0) is 11.0 Å². The van der Waals surface area contributed by atoms with E-state index in [2.05, 4.69) is 5.09 Å². The molecule has 4 heteroatoms. The van der Waals surface area contributed by atoms with E-state index in [1.54, 1.807) is 0 Å². The maximum Gasteiger partial charge on any atom is 0.264 e. The maximum atomic E-state index is 10.8. The Hall–Kier alpha value is -0.630. The Morgan fingerprint density at radius 2 is 2.00 bits per heavy atom. The molecule has 0 aliphatic carbocycles. The van der Waals surface area contributed by atoms with Crippen molar-refractivity contribution in [3.05, 3.63) is 35.9 Å². The van der Waals surface area contributed by atoms with Crippen LogP contribution in [0.5, 0.6) is 0 Å². The molecule has 2 N–H and O–H groups in total. The van der Waals surface area contributed by atoms with E-state index in [0.29, 0.717) is 6.54 Å². The summed E-state index contributed by atoms with van der Waals surface area (Å²) in [6, 6.07) is 9.87. The molecule has 0 saturated carbocycles. The smallest absolute Gasteiger partial charge is 0.264 e. The Morgan fingerprint density at radius 3 is 2.54 bits per heavy atom. The van der Waals surface area contributed by atoms with Gasteiger partial charge in [0.2, 0.25) is 0 Å². The lowest BCUT2D eigenvalue weighted by molar-refractivity contribution is 0.470. The largest absolute Gasteiger partial charge is 0.333 e. The number of benzene rings is 1. The minimum atomic E-state index is -3.05. The molecular weight excluding hydrogens is 185 g/mol. The van der Waals surface area contributed by atoms with Crippen LogP contribution in [0.15, 0.2) is 30.3 Å².